The van der Waals surface area contributed by atoms with Gasteiger partial charge in [0.2, 0.25) is 20.0 Å². The van der Waals surface area contributed by atoms with Crippen molar-refractivity contribution in [3.05, 3.63) is 145 Å². The van der Waals surface area contributed by atoms with Crippen molar-refractivity contribution in [2.75, 3.05) is 69.3 Å². The smallest absolute Gasteiger partial charge is 0.243 e. The molecule has 2 saturated heterocycles. The Morgan fingerprint density at radius 1 is 0.507 bits per heavy atom. The zero-order chi connectivity index (χ0) is 54.5. The number of ether oxygens (including phenoxy) is 1. The average molecular weight is 1100 g/mol. The van der Waals surface area contributed by atoms with Crippen molar-refractivity contribution in [1.29, 1.82) is 0 Å². The molecular formula is C60H82N6O5S4. The molecule has 75 heavy (non-hydrogen) atoms. The predicted octanol–water partition coefficient (Wildman–Crippen LogP) is 13.5. The van der Waals surface area contributed by atoms with Gasteiger partial charge in [-0.15, -0.1) is 22.7 Å². The van der Waals surface area contributed by atoms with E-state index < -0.39 is 20.0 Å². The van der Waals surface area contributed by atoms with Crippen LogP contribution in [0.5, 0.6) is 5.75 Å². The molecule has 0 saturated carbocycles. The van der Waals surface area contributed by atoms with Gasteiger partial charge in [0.05, 0.1) is 28.3 Å². The van der Waals surface area contributed by atoms with Crippen LogP contribution in [0, 0.1) is 6.92 Å². The van der Waals surface area contributed by atoms with Crippen LogP contribution in [0.15, 0.2) is 93.3 Å². The number of hydrogen-bond acceptors (Lipinski definition) is 11. The maximum absolute atomic E-state index is 14.1. The first-order valence-corrected chi connectivity index (χ1v) is 31.6. The van der Waals surface area contributed by atoms with Crippen molar-refractivity contribution in [2.45, 2.75) is 148 Å². The van der Waals surface area contributed by atoms with Crippen LogP contribution in [0.3, 0.4) is 0 Å². The van der Waals surface area contributed by atoms with E-state index in [1.165, 1.54) is 22.3 Å². The van der Waals surface area contributed by atoms with Gasteiger partial charge in [-0.1, -0.05) is 155 Å². The van der Waals surface area contributed by atoms with Gasteiger partial charge in [-0.3, -0.25) is 0 Å². The van der Waals surface area contributed by atoms with Crippen LogP contribution >= 0.6 is 22.7 Å². The van der Waals surface area contributed by atoms with Crippen LogP contribution in [0.2, 0.25) is 0 Å². The molecule has 0 bridgehead atoms. The molecule has 2 aliphatic rings. The number of aromatic nitrogens is 2. The van der Waals surface area contributed by atoms with Gasteiger partial charge < -0.3 is 14.5 Å². The monoisotopic (exact) mass is 1090 g/mol. The lowest BCUT2D eigenvalue weighted by molar-refractivity contribution is 0.383. The molecule has 0 atom stereocenters. The summed E-state index contributed by atoms with van der Waals surface area (Å²) in [4.78, 5) is 15.2. The third-order valence-corrected chi connectivity index (χ3v) is 20.4. The number of para-hydroxylation sites is 1. The number of rotatable bonds is 17. The van der Waals surface area contributed by atoms with Crippen molar-refractivity contribution in [2.24, 2.45) is 0 Å². The van der Waals surface area contributed by atoms with Crippen LogP contribution < -0.4 is 14.5 Å². The van der Waals surface area contributed by atoms with Crippen molar-refractivity contribution in [1.82, 2.24) is 18.6 Å². The van der Waals surface area contributed by atoms with Crippen molar-refractivity contribution in [3.8, 4) is 5.75 Å². The fourth-order valence-corrected chi connectivity index (χ4v) is 15.9. The van der Waals surface area contributed by atoms with Crippen molar-refractivity contribution in [3.63, 3.8) is 0 Å². The zero-order valence-electron chi connectivity index (χ0n) is 47.0. The Bertz CT molecular complexity index is 3050. The molecule has 8 rings (SSSR count). The lowest BCUT2D eigenvalue weighted by Crippen LogP contribution is -2.49. The minimum absolute atomic E-state index is 0.120. The van der Waals surface area contributed by atoms with Crippen LogP contribution in [0.4, 0.5) is 10.3 Å². The zero-order valence-corrected chi connectivity index (χ0v) is 50.2. The van der Waals surface area contributed by atoms with Gasteiger partial charge in [0.15, 0.2) is 10.3 Å². The largest absolute Gasteiger partial charge is 0.496 e. The van der Waals surface area contributed by atoms with E-state index in [4.69, 9.17) is 14.7 Å². The summed E-state index contributed by atoms with van der Waals surface area (Å²) in [7, 11) is -5.55. The summed E-state index contributed by atoms with van der Waals surface area (Å²) >= 11 is 3.27. The van der Waals surface area contributed by atoms with Gasteiger partial charge in [0, 0.05) is 81.5 Å². The number of hydrogen-bond donors (Lipinski definition) is 0. The molecule has 0 aliphatic carbocycles. The summed E-state index contributed by atoms with van der Waals surface area (Å²) in [5.41, 5.74) is 11.8. The number of nitrogens with zero attached hydrogens (tertiary/aromatic N) is 6. The van der Waals surface area contributed by atoms with E-state index >= 15 is 0 Å². The number of anilines is 2. The second-order valence-electron chi connectivity index (χ2n) is 22.2. The summed E-state index contributed by atoms with van der Waals surface area (Å²) < 4.78 is 65.3. The Morgan fingerprint density at radius 2 is 0.907 bits per heavy atom. The Balaban J connectivity index is 0.000000219. The highest BCUT2D eigenvalue weighted by molar-refractivity contribution is 7.89. The summed E-state index contributed by atoms with van der Waals surface area (Å²) in [6, 6.07) is 25.0. The maximum atomic E-state index is 14.1. The van der Waals surface area contributed by atoms with Gasteiger partial charge in [0.1, 0.15) is 5.75 Å². The van der Waals surface area contributed by atoms with E-state index in [0.29, 0.717) is 80.4 Å². The van der Waals surface area contributed by atoms with Gasteiger partial charge in [0.25, 0.3) is 0 Å². The highest BCUT2D eigenvalue weighted by Gasteiger charge is 2.36. The van der Waals surface area contributed by atoms with Crippen molar-refractivity contribution < 1.29 is 21.6 Å². The fourth-order valence-electron chi connectivity index (χ4n) is 9.99. The minimum Gasteiger partial charge on any atom is -0.496 e. The van der Waals surface area contributed by atoms with Gasteiger partial charge >= 0.3 is 0 Å². The number of piperazine rings is 2. The number of benzene rings is 4. The molecule has 0 spiro atoms. The SMILES string of the molecule is COc1ccccc1Cc1csc(N2CCN(S(=O)(=O)c3c(C(C)C)cc(C(C)C)cc3C(C)C)CC2)n1.Cc1cccc(Cc2csc(N3CCN(S(=O)(=O)c4c(C(C)C)cc(C(C)C)cc4C(C)C)CC3)n2)c1. The molecule has 0 radical (unpaired) electrons. The van der Waals surface area contributed by atoms with Crippen molar-refractivity contribution >= 4 is 53.0 Å². The predicted molar refractivity (Wildman–Crippen MR) is 313 cm³/mol. The highest BCUT2D eigenvalue weighted by atomic mass is 32.2. The average Bonchev–Trinajstić information content (AvgIpc) is 4.06. The Hall–Kier alpha value is -4.64. The molecule has 11 nitrogen and oxygen atoms in total. The third kappa shape index (κ3) is 13.6. The van der Waals surface area contributed by atoms with E-state index in [2.05, 4.69) is 165 Å². The quantitative estimate of drug-likeness (QED) is 0.0880. The first-order valence-electron chi connectivity index (χ1n) is 26.9. The molecule has 4 heterocycles. The Labute approximate surface area is 458 Å². The third-order valence-electron chi connectivity index (χ3n) is 14.5. The minimum atomic E-state index is -3.63. The Kier molecular flexibility index (Phi) is 19.2. The normalized spacial score (nSPS) is 15.3. The first-order chi connectivity index (χ1) is 35.5. The molecule has 2 fully saturated rings. The molecule has 0 amide bonds. The van der Waals surface area contributed by atoms with E-state index in [1.807, 2.05) is 18.2 Å². The molecule has 2 aromatic heterocycles. The van der Waals surface area contributed by atoms with E-state index in [0.717, 1.165) is 61.6 Å². The van der Waals surface area contributed by atoms with E-state index in [1.54, 1.807) is 38.4 Å². The second-order valence-corrected chi connectivity index (χ2v) is 27.6. The van der Waals surface area contributed by atoms with Crippen LogP contribution in [-0.2, 0) is 32.9 Å². The van der Waals surface area contributed by atoms with Crippen LogP contribution in [0.1, 0.15) is 180 Å². The van der Waals surface area contributed by atoms with Gasteiger partial charge in [-0.2, -0.15) is 8.61 Å². The summed E-state index contributed by atoms with van der Waals surface area (Å²) in [6.45, 7) is 31.9. The first kappa shape index (κ1) is 58.1. The lowest BCUT2D eigenvalue weighted by Gasteiger charge is -2.35. The standard InChI is InChI=1S/C30H41N3O3S2.C30H41N3O2S2/c1-20(2)24-17-26(21(3)4)29(27(18-24)22(5)6)38(34,35)33-14-12-32(13-15-33)30-31-25(19-37-30)16-23-10-8-9-11-28(23)36-7;1-20(2)25-17-27(21(3)4)29(28(18-25)22(5)6)37(34,35)33-13-11-32(12-14-33)30-31-26(19-36-30)16-24-10-8-9-23(7)15-24/h8-11,17-22H,12-16H2,1-7H3;8-10,15,17-22H,11-14,16H2,1-7H3. The molecule has 0 unspecified atom stereocenters. The topological polar surface area (TPSA) is 116 Å². The lowest BCUT2D eigenvalue weighted by atomic mass is 9.89. The molecule has 4 aromatic carbocycles. The summed E-state index contributed by atoms with van der Waals surface area (Å²) in [6.07, 6.45) is 1.52. The molecule has 0 N–H and O–H groups in total. The van der Waals surface area contributed by atoms with Gasteiger partial charge in [-0.05, 0) is 87.4 Å². The fraction of sp³-hybridized carbons (Fsp3) is 0.500. The number of thiazole rings is 2. The number of aryl methyl sites for hydroxylation is 1. The van der Waals surface area contributed by atoms with E-state index in [-0.39, 0.29) is 23.7 Å². The summed E-state index contributed by atoms with van der Waals surface area (Å²) in [5.74, 6) is 2.06. The molecule has 6 aromatic rings. The summed E-state index contributed by atoms with van der Waals surface area (Å²) in [5, 5.41) is 6.14. The molecular weight excluding hydrogens is 1010 g/mol. The number of methoxy groups -OCH3 is 1. The maximum Gasteiger partial charge on any atom is 0.243 e. The second kappa shape index (κ2) is 24.8. The number of sulfonamides is 2. The Morgan fingerprint density at radius 3 is 1.28 bits per heavy atom. The highest BCUT2D eigenvalue weighted by Crippen LogP contribution is 2.39. The molecule has 406 valence electrons. The molecule has 15 heteroatoms. The van der Waals surface area contributed by atoms with Crippen LogP contribution in [0.25, 0.3) is 0 Å². The molecule has 2 aliphatic heterocycles. The van der Waals surface area contributed by atoms with E-state index in [9.17, 15) is 16.8 Å². The van der Waals surface area contributed by atoms with Crippen LogP contribution in [-0.4, -0.2) is 94.9 Å². The van der Waals surface area contributed by atoms with Gasteiger partial charge in [-0.25, -0.2) is 26.8 Å².